The lowest BCUT2D eigenvalue weighted by Crippen LogP contribution is -2.09. The van der Waals surface area contributed by atoms with Crippen molar-refractivity contribution in [2.24, 2.45) is 0 Å². The summed E-state index contributed by atoms with van der Waals surface area (Å²) in [6.07, 6.45) is 1.05. The average Bonchev–Trinajstić information content (AvgIpc) is 2.80. The van der Waals surface area contributed by atoms with Gasteiger partial charge in [0.05, 0.1) is 12.7 Å². The molecular weight excluding hydrogens is 384 g/mol. The molecule has 0 aliphatic rings. The highest BCUT2D eigenvalue weighted by molar-refractivity contribution is 5.91. The van der Waals surface area contributed by atoms with Crippen LogP contribution in [0.2, 0.25) is 0 Å². The van der Waals surface area contributed by atoms with E-state index >= 15 is 0 Å². The fourth-order valence-corrected chi connectivity index (χ4v) is 2.57. The van der Waals surface area contributed by atoms with Crippen molar-refractivity contribution < 1.29 is 28.5 Å². The third-order valence-corrected chi connectivity index (χ3v) is 4.17. The molecule has 6 nitrogen and oxygen atoms in total. The van der Waals surface area contributed by atoms with Crippen molar-refractivity contribution >= 4 is 11.9 Å². The molecular formula is C24H20O6. The number of hydrogen-bond donors (Lipinski definition) is 0. The second-order valence-corrected chi connectivity index (χ2v) is 6.10. The monoisotopic (exact) mass is 404 g/mol. The molecule has 0 radical (unpaired) electrons. The van der Waals surface area contributed by atoms with E-state index in [0.29, 0.717) is 17.1 Å². The summed E-state index contributed by atoms with van der Waals surface area (Å²) in [5.74, 6) is 0.615. The van der Waals surface area contributed by atoms with Gasteiger partial charge < -0.3 is 18.9 Å². The molecule has 0 unspecified atom stereocenters. The van der Waals surface area contributed by atoms with Crippen LogP contribution in [0.5, 0.6) is 17.2 Å². The Morgan fingerprint density at radius 3 is 1.87 bits per heavy atom. The third-order valence-electron chi connectivity index (χ3n) is 4.17. The van der Waals surface area contributed by atoms with E-state index < -0.39 is 11.9 Å². The molecule has 3 rings (SSSR count). The summed E-state index contributed by atoms with van der Waals surface area (Å²) in [6.45, 7) is 3.05. The van der Waals surface area contributed by atoms with Crippen LogP contribution in [-0.4, -0.2) is 25.8 Å². The largest absolute Gasteiger partial charge is 0.497 e. The molecule has 0 spiro atoms. The van der Waals surface area contributed by atoms with Crippen LogP contribution >= 0.6 is 0 Å². The van der Waals surface area contributed by atoms with Gasteiger partial charge in [-0.25, -0.2) is 9.59 Å². The molecule has 0 saturated heterocycles. The number of carbonyl (C=O) groups is 2. The highest BCUT2D eigenvalue weighted by Crippen LogP contribution is 2.25. The number of hydrogen-bond acceptors (Lipinski definition) is 6. The smallest absolute Gasteiger partial charge is 0.343 e. The predicted octanol–water partition coefficient (Wildman–Crippen LogP) is 4.65. The second kappa shape index (κ2) is 9.93. The topological polar surface area (TPSA) is 71.1 Å². The summed E-state index contributed by atoms with van der Waals surface area (Å²) in [5, 5.41) is 0. The fraction of sp³-hybridized carbons (Fsp3) is 0.0833. The van der Waals surface area contributed by atoms with E-state index in [2.05, 4.69) is 6.58 Å². The summed E-state index contributed by atoms with van der Waals surface area (Å²) in [4.78, 5) is 23.3. The van der Waals surface area contributed by atoms with Gasteiger partial charge in [0, 0.05) is 6.08 Å². The molecule has 0 amide bonds. The Labute approximate surface area is 174 Å². The zero-order chi connectivity index (χ0) is 21.3. The average molecular weight is 404 g/mol. The van der Waals surface area contributed by atoms with Gasteiger partial charge in [0.2, 0.25) is 6.79 Å². The lowest BCUT2D eigenvalue weighted by molar-refractivity contribution is -0.144. The lowest BCUT2D eigenvalue weighted by atomic mass is 10.1. The molecule has 3 aromatic carbocycles. The molecule has 0 saturated carbocycles. The molecule has 0 fully saturated rings. The number of methoxy groups -OCH3 is 1. The lowest BCUT2D eigenvalue weighted by Gasteiger charge is -2.08. The van der Waals surface area contributed by atoms with Gasteiger partial charge in [-0.3, -0.25) is 0 Å². The first-order valence-corrected chi connectivity index (χ1v) is 9.08. The van der Waals surface area contributed by atoms with Gasteiger partial charge in [0.15, 0.2) is 0 Å². The van der Waals surface area contributed by atoms with Crippen molar-refractivity contribution in [2.45, 2.75) is 0 Å². The Morgan fingerprint density at radius 2 is 1.33 bits per heavy atom. The van der Waals surface area contributed by atoms with E-state index in [0.717, 1.165) is 23.0 Å². The predicted molar refractivity (Wildman–Crippen MR) is 112 cm³/mol. The summed E-state index contributed by atoms with van der Waals surface area (Å²) < 4.78 is 20.6. The van der Waals surface area contributed by atoms with Crippen LogP contribution in [0.4, 0.5) is 0 Å². The van der Waals surface area contributed by atoms with Crippen LogP contribution in [0.25, 0.3) is 11.1 Å². The zero-order valence-electron chi connectivity index (χ0n) is 16.4. The summed E-state index contributed by atoms with van der Waals surface area (Å²) in [6, 6.07) is 21.3. The van der Waals surface area contributed by atoms with E-state index in [-0.39, 0.29) is 6.79 Å². The minimum absolute atomic E-state index is 0.241. The minimum atomic E-state index is -0.576. The first-order chi connectivity index (χ1) is 14.6. The van der Waals surface area contributed by atoms with Crippen LogP contribution in [0.1, 0.15) is 10.4 Å². The number of ether oxygens (including phenoxy) is 4. The normalized spacial score (nSPS) is 10.0. The fourth-order valence-electron chi connectivity index (χ4n) is 2.57. The molecule has 0 aromatic heterocycles. The van der Waals surface area contributed by atoms with E-state index in [4.69, 9.17) is 18.9 Å². The first kappa shape index (κ1) is 20.7. The quantitative estimate of drug-likeness (QED) is 0.236. The van der Waals surface area contributed by atoms with E-state index in [9.17, 15) is 9.59 Å². The Bertz CT molecular complexity index is 1010. The molecule has 30 heavy (non-hydrogen) atoms. The van der Waals surface area contributed by atoms with Gasteiger partial charge in [0.25, 0.3) is 0 Å². The number of rotatable bonds is 8. The van der Waals surface area contributed by atoms with Gasteiger partial charge >= 0.3 is 11.9 Å². The first-order valence-electron chi connectivity index (χ1n) is 9.08. The Balaban J connectivity index is 1.57. The number of benzene rings is 3. The number of carbonyl (C=O) groups excluding carboxylic acids is 2. The van der Waals surface area contributed by atoms with Crippen molar-refractivity contribution in [1.29, 1.82) is 0 Å². The molecule has 6 heteroatoms. The van der Waals surface area contributed by atoms with Crippen molar-refractivity contribution in [3.63, 3.8) is 0 Å². The summed E-state index contributed by atoms with van der Waals surface area (Å²) in [7, 11) is 1.62. The second-order valence-electron chi connectivity index (χ2n) is 6.10. The molecule has 0 heterocycles. The molecule has 0 atom stereocenters. The standard InChI is InChI=1S/C24H20O6/c1-3-23(25)29-16-28-21-12-8-19(9-13-21)24(26)30-22-14-6-18(7-15-22)17-4-10-20(27-2)11-5-17/h3-15H,1,16H2,2H3. The molecule has 0 aliphatic heterocycles. The van der Waals surface area contributed by atoms with Crippen molar-refractivity contribution in [3.8, 4) is 28.4 Å². The van der Waals surface area contributed by atoms with Crippen LogP contribution in [0.15, 0.2) is 85.5 Å². The molecule has 152 valence electrons. The zero-order valence-corrected chi connectivity index (χ0v) is 16.4. The Hall–Kier alpha value is -4.06. The van der Waals surface area contributed by atoms with Crippen molar-refractivity contribution in [3.05, 3.63) is 91.0 Å². The summed E-state index contributed by atoms with van der Waals surface area (Å²) >= 11 is 0. The maximum absolute atomic E-state index is 12.3. The highest BCUT2D eigenvalue weighted by Gasteiger charge is 2.09. The van der Waals surface area contributed by atoms with Crippen LogP contribution in [0, 0.1) is 0 Å². The van der Waals surface area contributed by atoms with Crippen molar-refractivity contribution in [2.75, 3.05) is 13.9 Å². The van der Waals surface area contributed by atoms with Crippen LogP contribution < -0.4 is 14.2 Å². The van der Waals surface area contributed by atoms with Crippen LogP contribution in [0.3, 0.4) is 0 Å². The maximum atomic E-state index is 12.3. The van der Waals surface area contributed by atoms with Gasteiger partial charge in [-0.1, -0.05) is 30.8 Å². The minimum Gasteiger partial charge on any atom is -0.497 e. The SMILES string of the molecule is C=CC(=O)OCOc1ccc(C(=O)Oc2ccc(-c3ccc(OC)cc3)cc2)cc1. The van der Waals surface area contributed by atoms with Gasteiger partial charge in [-0.2, -0.15) is 0 Å². The Kier molecular flexibility index (Phi) is 6.84. The van der Waals surface area contributed by atoms with E-state index in [1.54, 1.807) is 43.5 Å². The maximum Gasteiger partial charge on any atom is 0.343 e. The third kappa shape index (κ3) is 5.48. The van der Waals surface area contributed by atoms with Gasteiger partial charge in [0.1, 0.15) is 17.2 Å². The Morgan fingerprint density at radius 1 is 0.800 bits per heavy atom. The van der Waals surface area contributed by atoms with Crippen molar-refractivity contribution in [1.82, 2.24) is 0 Å². The number of esters is 2. The van der Waals surface area contributed by atoms with Gasteiger partial charge in [-0.05, 0) is 59.7 Å². The van der Waals surface area contributed by atoms with Crippen LogP contribution in [-0.2, 0) is 9.53 Å². The molecule has 0 bridgehead atoms. The molecule has 3 aromatic rings. The van der Waals surface area contributed by atoms with Gasteiger partial charge in [-0.15, -0.1) is 0 Å². The van der Waals surface area contributed by atoms with E-state index in [1.807, 2.05) is 36.4 Å². The highest BCUT2D eigenvalue weighted by atomic mass is 16.7. The van der Waals surface area contributed by atoms with E-state index in [1.165, 1.54) is 0 Å². The summed E-state index contributed by atoms with van der Waals surface area (Å²) in [5.41, 5.74) is 2.39. The molecule has 0 N–H and O–H groups in total. The molecule has 0 aliphatic carbocycles.